The van der Waals surface area contributed by atoms with Crippen LogP contribution in [0.15, 0.2) is 52.8 Å². The summed E-state index contributed by atoms with van der Waals surface area (Å²) in [4.78, 5) is 16.7. The van der Waals surface area contributed by atoms with Gasteiger partial charge in [-0.05, 0) is 59.8 Å². The largest absolute Gasteiger partial charge is 0.512 e. The maximum absolute atomic E-state index is 11.7. The van der Waals surface area contributed by atoms with Crippen LogP contribution >= 0.6 is 0 Å². The predicted octanol–water partition coefficient (Wildman–Crippen LogP) is 11.2. The van der Waals surface area contributed by atoms with E-state index in [9.17, 15) is 9.90 Å². The van der Waals surface area contributed by atoms with Crippen molar-refractivity contribution in [2.75, 3.05) is 0 Å². The molecule has 0 saturated carbocycles. The molecule has 0 saturated heterocycles. The number of pyridine rings is 1. The van der Waals surface area contributed by atoms with Crippen LogP contribution < -0.4 is 0 Å². The minimum Gasteiger partial charge on any atom is -0.512 e. The number of benzene rings is 2. The summed E-state index contributed by atoms with van der Waals surface area (Å²) in [7, 11) is 0. The van der Waals surface area contributed by atoms with E-state index in [4.69, 9.17) is 9.40 Å². The number of carbonyl (C=O) groups is 1. The molecule has 0 bridgehead atoms. The molecule has 2 aromatic heterocycles. The van der Waals surface area contributed by atoms with Gasteiger partial charge in [0, 0.05) is 60.5 Å². The molecule has 4 aromatic rings. The Balaban J connectivity index is 0.000000286. The van der Waals surface area contributed by atoms with Gasteiger partial charge < -0.3 is 14.5 Å². The standard InChI is InChI=1S/C26H26NO.C13H24O2.Ir/c1-14(2)16-11-12-20-21-22-23(17-9-7-8-10-19(17)26(20,5)6)27-13-18(15(3)4)25(22)28-24(16)21;1-5-10(6-2)12(14)9-13(15)11(7-3)8-4;/h7-8,10-15H,1-6H3;9-11,14H,5-8H2,1-4H3;/q-1;;/b;12-9-;. The first-order chi connectivity index (χ1) is 20.4. The Morgan fingerprint density at radius 2 is 1.48 bits per heavy atom. The van der Waals surface area contributed by atoms with Crippen molar-refractivity contribution in [1.82, 2.24) is 4.98 Å². The first-order valence-electron chi connectivity index (χ1n) is 16.3. The molecule has 2 heterocycles. The second kappa shape index (κ2) is 14.6. The van der Waals surface area contributed by atoms with Gasteiger partial charge in [0.25, 0.3) is 0 Å². The Morgan fingerprint density at radius 3 is 2.05 bits per heavy atom. The summed E-state index contributed by atoms with van der Waals surface area (Å²) in [5, 5.41) is 12.2. The van der Waals surface area contributed by atoms with Crippen LogP contribution in [0.3, 0.4) is 0 Å². The molecule has 1 aliphatic rings. The van der Waals surface area contributed by atoms with Crippen LogP contribution in [-0.4, -0.2) is 15.9 Å². The van der Waals surface area contributed by atoms with E-state index >= 15 is 0 Å². The predicted molar refractivity (Wildman–Crippen MR) is 180 cm³/mol. The molecular formula is C39H50IrNO3-. The Labute approximate surface area is 278 Å². The van der Waals surface area contributed by atoms with Crippen molar-refractivity contribution in [3.63, 3.8) is 0 Å². The number of hydrogen-bond donors (Lipinski definition) is 1. The second-order valence-electron chi connectivity index (χ2n) is 13.2. The fourth-order valence-corrected chi connectivity index (χ4v) is 6.56. The van der Waals surface area contributed by atoms with Crippen LogP contribution in [0.5, 0.6) is 0 Å². The molecule has 0 aliphatic heterocycles. The number of allylic oxidation sites excluding steroid dienone is 2. The van der Waals surface area contributed by atoms with E-state index in [2.05, 4.69) is 71.9 Å². The molecule has 0 amide bonds. The molecule has 5 heteroatoms. The second-order valence-corrected chi connectivity index (χ2v) is 13.2. The molecule has 0 fully saturated rings. The van der Waals surface area contributed by atoms with Gasteiger partial charge in [0.05, 0.1) is 5.76 Å². The Hall–Kier alpha value is -2.75. The van der Waals surface area contributed by atoms with Crippen molar-refractivity contribution in [3.05, 3.63) is 76.7 Å². The van der Waals surface area contributed by atoms with Crippen LogP contribution in [0.4, 0.5) is 0 Å². The Bertz CT molecular complexity index is 1630. The minimum absolute atomic E-state index is 0. The van der Waals surface area contributed by atoms with E-state index in [0.717, 1.165) is 53.5 Å². The van der Waals surface area contributed by atoms with Gasteiger partial charge in [0.15, 0.2) is 5.78 Å². The van der Waals surface area contributed by atoms with E-state index in [0.29, 0.717) is 11.8 Å². The molecule has 44 heavy (non-hydrogen) atoms. The first kappa shape index (κ1) is 35.7. The number of nitrogens with zero attached hydrogens (tertiary/aromatic N) is 1. The van der Waals surface area contributed by atoms with E-state index in [-0.39, 0.29) is 48.9 Å². The first-order valence-corrected chi connectivity index (χ1v) is 16.3. The van der Waals surface area contributed by atoms with Crippen molar-refractivity contribution in [2.24, 2.45) is 11.8 Å². The van der Waals surface area contributed by atoms with Crippen LogP contribution in [0, 0.1) is 17.9 Å². The fourth-order valence-electron chi connectivity index (χ4n) is 6.56. The third-order valence-corrected chi connectivity index (χ3v) is 9.47. The van der Waals surface area contributed by atoms with E-state index in [1.807, 2.05) is 40.0 Å². The average Bonchev–Trinajstić information content (AvgIpc) is 3.34. The minimum atomic E-state index is -0.156. The van der Waals surface area contributed by atoms with Gasteiger partial charge in [0.1, 0.15) is 11.2 Å². The number of fused-ring (bicyclic) bond motifs is 2. The monoisotopic (exact) mass is 773 g/mol. The molecule has 0 atom stereocenters. The summed E-state index contributed by atoms with van der Waals surface area (Å²) >= 11 is 0. The summed E-state index contributed by atoms with van der Waals surface area (Å²) in [6.45, 7) is 21.6. The number of aliphatic hydroxyl groups is 1. The topological polar surface area (TPSA) is 63.3 Å². The number of carbonyl (C=O) groups excluding carboxylic acids is 1. The Morgan fingerprint density at radius 1 is 0.886 bits per heavy atom. The average molecular weight is 773 g/mol. The number of rotatable bonds is 9. The molecule has 239 valence electrons. The summed E-state index contributed by atoms with van der Waals surface area (Å²) < 4.78 is 6.65. The van der Waals surface area contributed by atoms with Crippen LogP contribution in [0.2, 0.25) is 0 Å². The smallest absolute Gasteiger partial charge is 0.162 e. The number of aromatic nitrogens is 1. The van der Waals surface area contributed by atoms with E-state index in [1.54, 1.807) is 0 Å². The zero-order chi connectivity index (χ0) is 31.6. The number of aliphatic hydroxyl groups excluding tert-OH is 1. The van der Waals surface area contributed by atoms with Crippen LogP contribution in [0.1, 0.15) is 129 Å². The zero-order valence-electron chi connectivity index (χ0n) is 28.2. The van der Waals surface area contributed by atoms with Gasteiger partial charge in [-0.15, -0.1) is 35.4 Å². The van der Waals surface area contributed by atoms with Crippen LogP contribution in [0.25, 0.3) is 33.2 Å². The number of hydrogen-bond acceptors (Lipinski definition) is 4. The molecule has 1 aliphatic carbocycles. The Kier molecular flexibility index (Phi) is 11.8. The third-order valence-electron chi connectivity index (χ3n) is 9.47. The van der Waals surface area contributed by atoms with Crippen LogP contribution in [-0.2, 0) is 30.3 Å². The SMILES string of the molecule is CC(C)c1ccc2c3c1oc1c(C(C)C)cnc(c13)-c1[c-]cccc1C2(C)C.CCC(CC)C(=O)/C=C(\O)C(CC)CC.[Ir]. The summed E-state index contributed by atoms with van der Waals surface area (Å²) in [6.07, 6.45) is 6.91. The summed E-state index contributed by atoms with van der Waals surface area (Å²) in [6, 6.07) is 14.4. The fraction of sp³-hybridized carbons (Fsp3) is 0.487. The molecule has 5 rings (SSSR count). The summed E-state index contributed by atoms with van der Waals surface area (Å²) in [5.74, 6) is 1.29. The van der Waals surface area contributed by atoms with Gasteiger partial charge in [-0.3, -0.25) is 4.79 Å². The number of ketones is 1. The van der Waals surface area contributed by atoms with Crippen molar-refractivity contribution in [2.45, 2.75) is 112 Å². The zero-order valence-corrected chi connectivity index (χ0v) is 30.6. The normalized spacial score (nSPS) is 13.8. The van der Waals surface area contributed by atoms with Gasteiger partial charge in [-0.2, -0.15) is 0 Å². The van der Waals surface area contributed by atoms with Gasteiger partial charge >= 0.3 is 0 Å². The number of furan rings is 1. The third kappa shape index (κ3) is 6.46. The van der Waals surface area contributed by atoms with Crippen molar-refractivity contribution in [3.8, 4) is 11.3 Å². The molecule has 4 nitrogen and oxygen atoms in total. The molecular weight excluding hydrogens is 723 g/mol. The van der Waals surface area contributed by atoms with Gasteiger partial charge in [-0.25, -0.2) is 0 Å². The quantitative estimate of drug-likeness (QED) is 0.105. The molecule has 1 N–H and O–H groups in total. The van der Waals surface area contributed by atoms with Gasteiger partial charge in [-0.1, -0.05) is 81.4 Å². The molecule has 0 spiro atoms. The summed E-state index contributed by atoms with van der Waals surface area (Å²) in [5.41, 5.74) is 8.98. The van der Waals surface area contributed by atoms with E-state index < -0.39 is 0 Å². The van der Waals surface area contributed by atoms with Crippen molar-refractivity contribution in [1.29, 1.82) is 0 Å². The maximum Gasteiger partial charge on any atom is 0.162 e. The molecule has 1 radical (unpaired) electrons. The van der Waals surface area contributed by atoms with Crippen molar-refractivity contribution < 1.29 is 34.4 Å². The molecule has 2 aromatic carbocycles. The van der Waals surface area contributed by atoms with Gasteiger partial charge in [0.2, 0.25) is 0 Å². The van der Waals surface area contributed by atoms with E-state index in [1.165, 1.54) is 33.7 Å². The molecule has 0 unspecified atom stereocenters. The van der Waals surface area contributed by atoms with Crippen molar-refractivity contribution >= 4 is 27.7 Å². The maximum atomic E-state index is 11.7.